The van der Waals surface area contributed by atoms with Crippen molar-refractivity contribution in [1.29, 1.82) is 0 Å². The number of hydrogen-bond acceptors (Lipinski definition) is 1. The fourth-order valence-electron chi connectivity index (χ4n) is 7.70. The second-order valence-corrected chi connectivity index (χ2v) is 9.83. The van der Waals surface area contributed by atoms with E-state index in [0.717, 1.165) is 30.1 Å². The molecule has 0 aromatic heterocycles. The van der Waals surface area contributed by atoms with E-state index in [1.165, 1.54) is 57.8 Å². The average molecular weight is 321 g/mol. The molecule has 0 saturated heterocycles. The Hall–Kier alpha value is -0.110. The molecule has 4 rings (SSSR count). The van der Waals surface area contributed by atoms with Gasteiger partial charge in [0.25, 0.3) is 0 Å². The van der Waals surface area contributed by atoms with E-state index in [1.54, 1.807) is 0 Å². The highest BCUT2D eigenvalue weighted by Gasteiger charge is 2.60. The van der Waals surface area contributed by atoms with Gasteiger partial charge < -0.3 is 5.11 Å². The third-order valence-electron chi connectivity index (χ3n) is 8.88. The van der Waals surface area contributed by atoms with E-state index >= 15 is 0 Å². The first-order chi connectivity index (χ1) is 10.5. The molecule has 0 aromatic rings. The van der Waals surface area contributed by atoms with Gasteiger partial charge in [0.05, 0.1) is 0 Å². The van der Waals surface area contributed by atoms with E-state index in [-0.39, 0.29) is 0 Å². The Morgan fingerprint density at radius 3 is 2.41 bits per heavy atom. The molecule has 4 saturated carbocycles. The number of fused-ring (bicyclic) bond motifs is 5. The van der Waals surface area contributed by atoms with Gasteiger partial charge in [0.15, 0.2) is 5.05 Å². The molecule has 0 radical (unpaired) electrons. The lowest BCUT2D eigenvalue weighted by molar-refractivity contribution is -0.107. The number of hydrogen-bond donors (Lipinski definition) is 1. The van der Waals surface area contributed by atoms with E-state index < -0.39 is 0 Å². The van der Waals surface area contributed by atoms with Crippen LogP contribution in [0.2, 0.25) is 0 Å². The minimum absolute atomic E-state index is 0.296. The smallest absolute Gasteiger partial charge is 0.160 e. The average Bonchev–Trinajstić information content (AvgIpc) is 2.84. The Kier molecular flexibility index (Phi) is 3.64. The fraction of sp³-hybridized carbons (Fsp3) is 0.950. The van der Waals surface area contributed by atoms with Crippen molar-refractivity contribution in [3.05, 3.63) is 0 Å². The molecular weight excluding hydrogens is 288 g/mol. The molecule has 7 atom stereocenters. The second-order valence-electron chi connectivity index (χ2n) is 9.42. The highest BCUT2D eigenvalue weighted by molar-refractivity contribution is 7.80. The maximum absolute atomic E-state index is 10.0. The van der Waals surface area contributed by atoms with Crippen molar-refractivity contribution in [2.75, 3.05) is 0 Å². The van der Waals surface area contributed by atoms with Crippen LogP contribution >= 0.6 is 12.2 Å². The van der Waals surface area contributed by atoms with Crippen LogP contribution in [-0.2, 0) is 0 Å². The van der Waals surface area contributed by atoms with Gasteiger partial charge in [0, 0.05) is 5.92 Å². The van der Waals surface area contributed by atoms with Crippen LogP contribution in [0.15, 0.2) is 0 Å². The molecule has 0 amide bonds. The molecule has 1 unspecified atom stereocenters. The van der Waals surface area contributed by atoms with Gasteiger partial charge in [-0.15, -0.1) is 0 Å². The minimum Gasteiger partial charge on any atom is -0.502 e. The van der Waals surface area contributed by atoms with Crippen LogP contribution in [0, 0.1) is 40.4 Å². The number of aliphatic hydroxyl groups is 1. The Morgan fingerprint density at radius 2 is 1.64 bits per heavy atom. The summed E-state index contributed by atoms with van der Waals surface area (Å²) in [6, 6.07) is 0. The fourth-order valence-corrected chi connectivity index (χ4v) is 8.09. The van der Waals surface area contributed by atoms with Crippen LogP contribution in [0.3, 0.4) is 0 Å². The zero-order valence-corrected chi connectivity index (χ0v) is 15.1. The summed E-state index contributed by atoms with van der Waals surface area (Å²) in [6.07, 6.45) is 14.0. The van der Waals surface area contributed by atoms with Gasteiger partial charge in [0.1, 0.15) is 0 Å². The first kappa shape index (κ1) is 15.4. The maximum atomic E-state index is 10.0. The van der Waals surface area contributed by atoms with E-state index in [0.29, 0.717) is 21.8 Å². The summed E-state index contributed by atoms with van der Waals surface area (Å²) in [7, 11) is 0. The molecule has 124 valence electrons. The summed E-state index contributed by atoms with van der Waals surface area (Å²) in [5, 5.41) is 10.3. The lowest BCUT2D eigenvalue weighted by atomic mass is 9.45. The van der Waals surface area contributed by atoms with Crippen molar-refractivity contribution in [2.24, 2.45) is 40.4 Å². The number of rotatable bonds is 1. The molecule has 4 fully saturated rings. The first-order valence-electron chi connectivity index (χ1n) is 9.69. The summed E-state index contributed by atoms with van der Waals surface area (Å²) >= 11 is 5.21. The van der Waals surface area contributed by atoms with Crippen molar-refractivity contribution in [1.82, 2.24) is 0 Å². The first-order valence-corrected chi connectivity index (χ1v) is 10.1. The predicted octanol–water partition coefficient (Wildman–Crippen LogP) is 5.92. The quantitative estimate of drug-likeness (QED) is 0.605. The highest BCUT2D eigenvalue weighted by atomic mass is 32.1. The Balaban J connectivity index is 1.63. The topological polar surface area (TPSA) is 20.2 Å². The van der Waals surface area contributed by atoms with Gasteiger partial charge in [0.2, 0.25) is 0 Å². The monoisotopic (exact) mass is 320 g/mol. The maximum Gasteiger partial charge on any atom is 0.160 e. The molecule has 1 N–H and O–H groups in total. The molecular formula is C20H32OS. The van der Waals surface area contributed by atoms with Crippen molar-refractivity contribution in [2.45, 2.75) is 78.1 Å². The van der Waals surface area contributed by atoms with E-state index in [4.69, 9.17) is 12.2 Å². The summed E-state index contributed by atoms with van der Waals surface area (Å²) < 4.78 is 0. The van der Waals surface area contributed by atoms with Crippen LogP contribution in [-0.4, -0.2) is 10.2 Å². The van der Waals surface area contributed by atoms with Crippen LogP contribution in [0.1, 0.15) is 78.1 Å². The van der Waals surface area contributed by atoms with Crippen LogP contribution in [0.25, 0.3) is 0 Å². The van der Waals surface area contributed by atoms with Crippen LogP contribution in [0.4, 0.5) is 0 Å². The van der Waals surface area contributed by atoms with Gasteiger partial charge in [-0.3, -0.25) is 0 Å². The molecule has 0 aromatic carbocycles. The molecule has 22 heavy (non-hydrogen) atoms. The Labute approximate surface area is 141 Å². The van der Waals surface area contributed by atoms with Gasteiger partial charge in [-0.1, -0.05) is 26.7 Å². The molecule has 0 aliphatic heterocycles. The SMILES string of the molecule is C[C@]12CC[C@H]3[C@@H](CCC4CCCC[C@@]43C)[C@@H]1CC[C@@H]2C(O)=S. The van der Waals surface area contributed by atoms with Gasteiger partial charge in [-0.05, 0) is 98.1 Å². The summed E-state index contributed by atoms with van der Waals surface area (Å²) in [5.74, 6) is 3.99. The summed E-state index contributed by atoms with van der Waals surface area (Å²) in [6.45, 7) is 5.09. The molecule has 2 heteroatoms. The van der Waals surface area contributed by atoms with Gasteiger partial charge >= 0.3 is 0 Å². The highest BCUT2D eigenvalue weighted by Crippen LogP contribution is 2.67. The van der Waals surface area contributed by atoms with Crippen LogP contribution in [0.5, 0.6) is 0 Å². The normalized spacial score (nSPS) is 54.2. The molecule has 0 spiro atoms. The predicted molar refractivity (Wildman–Crippen MR) is 95.1 cm³/mol. The Bertz CT molecular complexity index is 474. The zero-order valence-electron chi connectivity index (χ0n) is 14.3. The molecule has 0 bridgehead atoms. The number of thiocarbonyl (C=S) groups is 1. The van der Waals surface area contributed by atoms with Crippen molar-refractivity contribution < 1.29 is 5.11 Å². The molecule has 1 nitrogen and oxygen atoms in total. The lowest BCUT2D eigenvalue weighted by Gasteiger charge is -2.60. The van der Waals surface area contributed by atoms with Crippen LogP contribution < -0.4 is 0 Å². The van der Waals surface area contributed by atoms with E-state index in [9.17, 15) is 5.11 Å². The van der Waals surface area contributed by atoms with Crippen molar-refractivity contribution in [3.8, 4) is 0 Å². The minimum atomic E-state index is 0.296. The summed E-state index contributed by atoms with van der Waals surface area (Å²) in [5.41, 5.74) is 0.922. The standard InChI is InChI=1S/C20H32OS/c1-19-11-4-3-5-13(19)6-7-14-15-8-9-17(18(21)22)20(15,2)12-10-16(14)19/h13-17H,3-12H2,1-2H3,(H,21,22)/t13?,14-,15-,16-,17+,19-,20-/m0/s1. The second kappa shape index (κ2) is 5.19. The zero-order chi connectivity index (χ0) is 15.5. The Morgan fingerprint density at radius 1 is 0.864 bits per heavy atom. The van der Waals surface area contributed by atoms with Gasteiger partial charge in [-0.25, -0.2) is 0 Å². The number of aliphatic hydroxyl groups excluding tert-OH is 1. The lowest BCUT2D eigenvalue weighted by Crippen LogP contribution is -2.53. The van der Waals surface area contributed by atoms with Gasteiger partial charge in [-0.2, -0.15) is 0 Å². The van der Waals surface area contributed by atoms with Crippen molar-refractivity contribution in [3.63, 3.8) is 0 Å². The summed E-state index contributed by atoms with van der Waals surface area (Å²) in [4.78, 5) is 0. The third-order valence-corrected chi connectivity index (χ3v) is 9.17. The third kappa shape index (κ3) is 1.98. The largest absolute Gasteiger partial charge is 0.502 e. The van der Waals surface area contributed by atoms with Crippen molar-refractivity contribution >= 4 is 17.3 Å². The molecule has 4 aliphatic carbocycles. The molecule has 0 heterocycles. The van der Waals surface area contributed by atoms with E-state index in [1.807, 2.05) is 0 Å². The van der Waals surface area contributed by atoms with E-state index in [2.05, 4.69) is 13.8 Å². The molecule has 4 aliphatic rings.